The van der Waals surface area contributed by atoms with Gasteiger partial charge in [-0.3, -0.25) is 0 Å². The third kappa shape index (κ3) is 3.16. The molecule has 1 heterocycles. The van der Waals surface area contributed by atoms with Gasteiger partial charge in [-0.2, -0.15) is 0 Å². The molecule has 5 nitrogen and oxygen atoms in total. The summed E-state index contributed by atoms with van der Waals surface area (Å²) >= 11 is 1.62. The summed E-state index contributed by atoms with van der Waals surface area (Å²) in [5.41, 5.74) is 6.38. The van der Waals surface area contributed by atoms with E-state index in [4.69, 9.17) is 10.5 Å². The van der Waals surface area contributed by atoms with Crippen LogP contribution in [0.25, 0.3) is 0 Å². The first-order valence-corrected chi connectivity index (χ1v) is 6.62. The molecule has 0 saturated carbocycles. The van der Waals surface area contributed by atoms with Crippen molar-refractivity contribution in [2.24, 2.45) is 7.05 Å². The van der Waals surface area contributed by atoms with Crippen molar-refractivity contribution in [2.45, 2.75) is 12.1 Å². The van der Waals surface area contributed by atoms with Crippen LogP contribution in [0.3, 0.4) is 0 Å². The van der Waals surface area contributed by atoms with Crippen LogP contribution < -0.4 is 10.5 Å². The monoisotopic (exact) mass is 264 g/mol. The molecule has 0 aliphatic heterocycles. The van der Waals surface area contributed by atoms with Crippen LogP contribution in [0.2, 0.25) is 0 Å². The van der Waals surface area contributed by atoms with Crippen molar-refractivity contribution in [3.63, 3.8) is 0 Å². The predicted molar refractivity (Wildman–Crippen MR) is 72.8 cm³/mol. The number of nitrogens with zero attached hydrogens (tertiary/aromatic N) is 3. The molecular formula is C12H16N4OS. The van der Waals surface area contributed by atoms with E-state index in [0.717, 1.165) is 22.5 Å². The molecule has 0 unspecified atom stereocenters. The lowest BCUT2D eigenvalue weighted by Gasteiger charge is -2.06. The highest BCUT2D eigenvalue weighted by atomic mass is 32.2. The van der Waals surface area contributed by atoms with Crippen LogP contribution in [0.15, 0.2) is 29.4 Å². The maximum absolute atomic E-state index is 5.67. The van der Waals surface area contributed by atoms with Crippen molar-refractivity contribution in [1.82, 2.24) is 14.8 Å². The number of anilines is 1. The number of hydrogen-bond acceptors (Lipinski definition) is 5. The Hall–Kier alpha value is -1.69. The standard InChI is InChI=1S/C12H16N4OS/c1-9-14-15-12(16(9)2)18-7-6-17-11-5-3-4-10(13)8-11/h3-5,8H,6-7,13H2,1-2H3. The fraction of sp³-hybridized carbons (Fsp3) is 0.333. The summed E-state index contributed by atoms with van der Waals surface area (Å²) in [6, 6.07) is 7.43. The first-order chi connectivity index (χ1) is 8.66. The van der Waals surface area contributed by atoms with E-state index in [9.17, 15) is 0 Å². The first kappa shape index (κ1) is 12.8. The highest BCUT2D eigenvalue weighted by Crippen LogP contribution is 2.17. The van der Waals surface area contributed by atoms with Crippen LogP contribution in [0.1, 0.15) is 5.82 Å². The lowest BCUT2D eigenvalue weighted by Crippen LogP contribution is -2.02. The SMILES string of the molecule is Cc1nnc(SCCOc2cccc(N)c2)n1C. The Morgan fingerprint density at radius 1 is 1.39 bits per heavy atom. The molecule has 2 N–H and O–H groups in total. The third-order valence-corrected chi connectivity index (χ3v) is 3.48. The fourth-order valence-corrected chi connectivity index (χ4v) is 2.18. The molecule has 0 aliphatic rings. The second-order valence-electron chi connectivity index (χ2n) is 3.86. The average molecular weight is 264 g/mol. The largest absolute Gasteiger partial charge is 0.493 e. The van der Waals surface area contributed by atoms with Gasteiger partial charge in [0.25, 0.3) is 0 Å². The van der Waals surface area contributed by atoms with Crippen molar-refractivity contribution in [3.05, 3.63) is 30.1 Å². The van der Waals surface area contributed by atoms with Crippen LogP contribution in [0.5, 0.6) is 5.75 Å². The Morgan fingerprint density at radius 2 is 2.22 bits per heavy atom. The van der Waals surface area contributed by atoms with Crippen LogP contribution >= 0.6 is 11.8 Å². The number of nitrogens with two attached hydrogens (primary N) is 1. The highest BCUT2D eigenvalue weighted by Gasteiger charge is 2.04. The predicted octanol–water partition coefficient (Wildman–Crippen LogP) is 1.88. The molecule has 0 aliphatic carbocycles. The van der Waals surface area contributed by atoms with Gasteiger partial charge in [0.15, 0.2) is 5.16 Å². The molecule has 0 saturated heterocycles. The van der Waals surface area contributed by atoms with E-state index in [1.165, 1.54) is 0 Å². The molecule has 0 fully saturated rings. The summed E-state index contributed by atoms with van der Waals surface area (Å²) in [5, 5.41) is 8.98. The quantitative estimate of drug-likeness (QED) is 0.507. The molecule has 18 heavy (non-hydrogen) atoms. The van der Waals surface area contributed by atoms with Gasteiger partial charge in [0.1, 0.15) is 11.6 Å². The van der Waals surface area contributed by atoms with Crippen molar-refractivity contribution in [1.29, 1.82) is 0 Å². The minimum Gasteiger partial charge on any atom is -0.493 e. The fourth-order valence-electron chi connectivity index (χ4n) is 1.41. The summed E-state index contributed by atoms with van der Waals surface area (Å²) in [7, 11) is 1.95. The second-order valence-corrected chi connectivity index (χ2v) is 4.92. The summed E-state index contributed by atoms with van der Waals surface area (Å²) in [5.74, 6) is 2.53. The van der Waals surface area contributed by atoms with E-state index in [1.54, 1.807) is 11.8 Å². The Labute approximate surface area is 110 Å². The number of ether oxygens (including phenoxy) is 1. The molecular weight excluding hydrogens is 248 g/mol. The van der Waals surface area contributed by atoms with E-state index in [-0.39, 0.29) is 0 Å². The number of aryl methyl sites for hydroxylation is 1. The van der Waals surface area contributed by atoms with Gasteiger partial charge in [-0.05, 0) is 19.1 Å². The number of rotatable bonds is 5. The van der Waals surface area contributed by atoms with E-state index in [0.29, 0.717) is 12.3 Å². The number of aromatic nitrogens is 3. The highest BCUT2D eigenvalue weighted by molar-refractivity contribution is 7.99. The molecule has 2 rings (SSSR count). The molecule has 2 aromatic rings. The van der Waals surface area contributed by atoms with Crippen molar-refractivity contribution >= 4 is 17.4 Å². The molecule has 0 amide bonds. The van der Waals surface area contributed by atoms with Gasteiger partial charge in [0.2, 0.25) is 0 Å². The number of hydrogen-bond donors (Lipinski definition) is 1. The van der Waals surface area contributed by atoms with E-state index < -0.39 is 0 Å². The maximum Gasteiger partial charge on any atom is 0.191 e. The molecule has 0 radical (unpaired) electrons. The maximum atomic E-state index is 5.67. The lowest BCUT2D eigenvalue weighted by molar-refractivity contribution is 0.344. The molecule has 0 bridgehead atoms. The summed E-state index contributed by atoms with van der Waals surface area (Å²) in [4.78, 5) is 0. The molecule has 6 heteroatoms. The molecule has 96 valence electrons. The van der Waals surface area contributed by atoms with Crippen LogP contribution in [-0.4, -0.2) is 27.1 Å². The zero-order valence-electron chi connectivity index (χ0n) is 10.5. The van der Waals surface area contributed by atoms with Gasteiger partial charge in [-0.1, -0.05) is 17.8 Å². The number of nitrogen functional groups attached to an aromatic ring is 1. The molecule has 0 atom stereocenters. The molecule has 1 aromatic carbocycles. The number of thioether (sulfide) groups is 1. The van der Waals surface area contributed by atoms with Gasteiger partial charge >= 0.3 is 0 Å². The van der Waals surface area contributed by atoms with Gasteiger partial charge < -0.3 is 15.0 Å². The Kier molecular flexibility index (Phi) is 4.09. The Bertz CT molecular complexity index is 527. The van der Waals surface area contributed by atoms with Gasteiger partial charge in [0, 0.05) is 24.6 Å². The van der Waals surface area contributed by atoms with Crippen molar-refractivity contribution in [3.8, 4) is 5.75 Å². The van der Waals surface area contributed by atoms with Gasteiger partial charge in [-0.15, -0.1) is 10.2 Å². The minimum absolute atomic E-state index is 0.611. The Morgan fingerprint density at radius 3 is 2.89 bits per heavy atom. The van der Waals surface area contributed by atoms with E-state index >= 15 is 0 Å². The van der Waals surface area contributed by atoms with E-state index in [2.05, 4.69) is 10.2 Å². The van der Waals surface area contributed by atoms with Crippen LogP contribution in [-0.2, 0) is 7.05 Å². The topological polar surface area (TPSA) is 66.0 Å². The van der Waals surface area contributed by atoms with Crippen LogP contribution in [0, 0.1) is 6.92 Å². The smallest absolute Gasteiger partial charge is 0.191 e. The van der Waals surface area contributed by atoms with Crippen molar-refractivity contribution < 1.29 is 4.74 Å². The molecule has 0 spiro atoms. The van der Waals surface area contributed by atoms with Gasteiger partial charge in [-0.25, -0.2) is 0 Å². The number of benzene rings is 1. The van der Waals surface area contributed by atoms with E-state index in [1.807, 2.05) is 42.8 Å². The zero-order valence-corrected chi connectivity index (χ0v) is 11.3. The molecule has 1 aromatic heterocycles. The zero-order chi connectivity index (χ0) is 13.0. The third-order valence-electron chi connectivity index (χ3n) is 2.49. The van der Waals surface area contributed by atoms with Crippen molar-refractivity contribution in [2.75, 3.05) is 18.1 Å². The van der Waals surface area contributed by atoms with Gasteiger partial charge in [0.05, 0.1) is 6.61 Å². The summed E-state index contributed by atoms with van der Waals surface area (Å²) in [6.07, 6.45) is 0. The average Bonchev–Trinajstić information content (AvgIpc) is 2.66. The Balaban J connectivity index is 1.78. The summed E-state index contributed by atoms with van der Waals surface area (Å²) in [6.45, 7) is 2.54. The summed E-state index contributed by atoms with van der Waals surface area (Å²) < 4.78 is 7.56. The van der Waals surface area contributed by atoms with Crippen LogP contribution in [0.4, 0.5) is 5.69 Å². The first-order valence-electron chi connectivity index (χ1n) is 5.64. The normalized spacial score (nSPS) is 10.6. The minimum atomic E-state index is 0.611. The lowest BCUT2D eigenvalue weighted by atomic mass is 10.3. The second kappa shape index (κ2) is 5.77.